The zero-order valence-electron chi connectivity index (χ0n) is 16.7. The van der Waals surface area contributed by atoms with Crippen LogP contribution in [0.5, 0.6) is 0 Å². The Bertz CT molecular complexity index is 798. The molecule has 1 aliphatic heterocycles. The maximum absolute atomic E-state index is 13.3. The van der Waals surface area contributed by atoms with E-state index >= 15 is 0 Å². The maximum Gasteiger partial charge on any atom is 0.314 e. The molecule has 2 aliphatic rings. The van der Waals surface area contributed by atoms with Crippen LogP contribution < -0.4 is 0 Å². The number of hydrogen-bond acceptors (Lipinski definition) is 5. The summed E-state index contributed by atoms with van der Waals surface area (Å²) in [6, 6.07) is 6.99. The van der Waals surface area contributed by atoms with E-state index < -0.39 is 17.7 Å². The first-order chi connectivity index (χ1) is 13.3. The molecule has 0 saturated heterocycles. The molecule has 1 aromatic carbocycles. The lowest BCUT2D eigenvalue weighted by atomic mass is 9.98. The molecule has 0 bridgehead atoms. The van der Waals surface area contributed by atoms with Crippen LogP contribution >= 0.6 is 11.6 Å². The third-order valence-corrected chi connectivity index (χ3v) is 5.64. The van der Waals surface area contributed by atoms with Crippen molar-refractivity contribution in [2.75, 3.05) is 7.11 Å². The highest BCUT2D eigenvalue weighted by Gasteiger charge is 2.51. The number of esters is 1. The first-order valence-corrected chi connectivity index (χ1v) is 9.90. The molecule has 0 N–H and O–H groups in total. The number of hydroxylamine groups is 2. The van der Waals surface area contributed by atoms with Crippen LogP contribution in [0.4, 0.5) is 0 Å². The van der Waals surface area contributed by atoms with Gasteiger partial charge in [-0.05, 0) is 39.7 Å². The Kier molecular flexibility index (Phi) is 6.12. The fourth-order valence-electron chi connectivity index (χ4n) is 3.64. The predicted octanol–water partition coefficient (Wildman–Crippen LogP) is 4.33. The fraction of sp³-hybridized carbons (Fsp3) is 0.524. The molecule has 1 aliphatic carbocycles. The van der Waals surface area contributed by atoms with Crippen molar-refractivity contribution in [3.05, 3.63) is 40.6 Å². The van der Waals surface area contributed by atoms with E-state index in [0.717, 1.165) is 25.7 Å². The van der Waals surface area contributed by atoms with E-state index in [-0.39, 0.29) is 23.2 Å². The maximum atomic E-state index is 13.3. The summed E-state index contributed by atoms with van der Waals surface area (Å²) in [4.78, 5) is 31.7. The van der Waals surface area contributed by atoms with Gasteiger partial charge in [0, 0.05) is 17.7 Å². The number of halogens is 1. The summed E-state index contributed by atoms with van der Waals surface area (Å²) in [5.41, 5.74) is -0.259. The van der Waals surface area contributed by atoms with Crippen molar-refractivity contribution < 1.29 is 23.9 Å². The van der Waals surface area contributed by atoms with Crippen LogP contribution in [0.2, 0.25) is 5.02 Å². The largest absolute Gasteiger partial charge is 0.427 e. The van der Waals surface area contributed by atoms with Crippen LogP contribution in [0.3, 0.4) is 0 Å². The van der Waals surface area contributed by atoms with Gasteiger partial charge >= 0.3 is 5.97 Å². The van der Waals surface area contributed by atoms with Crippen LogP contribution in [-0.2, 0) is 23.9 Å². The molecule has 1 heterocycles. The highest BCUT2D eigenvalue weighted by atomic mass is 35.5. The molecule has 1 fully saturated rings. The molecule has 1 amide bonds. The van der Waals surface area contributed by atoms with Gasteiger partial charge in [0.25, 0.3) is 5.91 Å². The fourth-order valence-corrected chi connectivity index (χ4v) is 3.87. The third-order valence-electron chi connectivity index (χ3n) is 5.31. The molecule has 0 spiro atoms. The normalized spacial score (nSPS) is 20.8. The van der Waals surface area contributed by atoms with Gasteiger partial charge in [-0.25, -0.2) is 9.90 Å². The lowest BCUT2D eigenvalue weighted by molar-refractivity contribution is -0.276. The number of nitrogens with zero attached hydrogens (tertiary/aromatic N) is 1. The van der Waals surface area contributed by atoms with Gasteiger partial charge in [0.2, 0.25) is 0 Å². The molecular weight excluding hydrogens is 382 g/mol. The molecule has 0 radical (unpaired) electrons. The number of ether oxygens (including phenoxy) is 2. The van der Waals surface area contributed by atoms with Crippen molar-refractivity contribution in [3.8, 4) is 0 Å². The van der Waals surface area contributed by atoms with E-state index in [0.29, 0.717) is 10.6 Å². The molecular formula is C21H26ClNO5. The number of methoxy groups -OCH3 is 1. The molecule has 0 aromatic heterocycles. The minimum Gasteiger partial charge on any atom is -0.427 e. The van der Waals surface area contributed by atoms with Crippen molar-refractivity contribution in [1.29, 1.82) is 0 Å². The third kappa shape index (κ3) is 3.81. The minimum atomic E-state index is -1.01. The number of carbonyl (C=O) groups excluding carboxylic acids is 2. The topological polar surface area (TPSA) is 65.1 Å². The van der Waals surface area contributed by atoms with Crippen LogP contribution in [0.25, 0.3) is 5.57 Å². The number of carbonyl (C=O) groups is 2. The van der Waals surface area contributed by atoms with Gasteiger partial charge in [0.05, 0.1) is 11.5 Å². The summed E-state index contributed by atoms with van der Waals surface area (Å²) < 4.78 is 11.0. The van der Waals surface area contributed by atoms with E-state index in [9.17, 15) is 9.59 Å². The van der Waals surface area contributed by atoms with Gasteiger partial charge in [-0.2, -0.15) is 0 Å². The van der Waals surface area contributed by atoms with Crippen LogP contribution in [0.1, 0.15) is 52.0 Å². The van der Waals surface area contributed by atoms with E-state index in [1.54, 1.807) is 45.0 Å². The van der Waals surface area contributed by atoms with Gasteiger partial charge in [-0.3, -0.25) is 9.59 Å². The number of amides is 1. The van der Waals surface area contributed by atoms with Crippen LogP contribution in [0.15, 0.2) is 30.0 Å². The Morgan fingerprint density at radius 3 is 2.50 bits per heavy atom. The summed E-state index contributed by atoms with van der Waals surface area (Å²) in [5.74, 6) is -0.611. The van der Waals surface area contributed by atoms with Gasteiger partial charge < -0.3 is 9.47 Å². The number of rotatable bonds is 6. The molecule has 1 aromatic rings. The van der Waals surface area contributed by atoms with Crippen molar-refractivity contribution >= 4 is 29.1 Å². The Morgan fingerprint density at radius 2 is 1.89 bits per heavy atom. The van der Waals surface area contributed by atoms with Crippen molar-refractivity contribution in [3.63, 3.8) is 0 Å². The SMILES string of the molecule is COC(C)ON1C(=O)C(c2ccccc2Cl)=C(OC(=O)C2CCCC2)C1(C)C. The first kappa shape index (κ1) is 20.8. The molecule has 3 rings (SSSR count). The molecule has 6 nitrogen and oxygen atoms in total. The van der Waals surface area contributed by atoms with Gasteiger partial charge in [-0.15, -0.1) is 0 Å². The average molecular weight is 408 g/mol. The molecule has 1 saturated carbocycles. The predicted molar refractivity (Wildman–Crippen MR) is 105 cm³/mol. The van der Waals surface area contributed by atoms with Crippen LogP contribution in [0, 0.1) is 5.92 Å². The first-order valence-electron chi connectivity index (χ1n) is 9.52. The lowest BCUT2D eigenvalue weighted by Gasteiger charge is -2.33. The number of hydrogen-bond donors (Lipinski definition) is 0. The Morgan fingerprint density at radius 1 is 1.25 bits per heavy atom. The molecule has 1 atom stereocenters. The van der Waals surface area contributed by atoms with Crippen LogP contribution in [-0.4, -0.2) is 35.9 Å². The molecule has 152 valence electrons. The second-order valence-corrected chi connectivity index (χ2v) is 8.06. The van der Waals surface area contributed by atoms with Gasteiger partial charge in [-0.1, -0.05) is 42.6 Å². The quantitative estimate of drug-likeness (QED) is 0.518. The molecule has 1 unspecified atom stereocenters. The standard InChI is InChI=1S/C21H26ClNO5/c1-13(26-4)28-23-19(24)17(15-11-7-8-12-16(15)22)18(21(23,2)3)27-20(25)14-9-5-6-10-14/h7-8,11-14H,5-6,9-10H2,1-4H3. The summed E-state index contributed by atoms with van der Waals surface area (Å²) in [6.45, 7) is 5.23. The van der Waals surface area contributed by atoms with Crippen molar-refractivity contribution in [2.24, 2.45) is 5.92 Å². The summed E-state index contributed by atoms with van der Waals surface area (Å²) in [6.07, 6.45) is 2.99. The van der Waals surface area contributed by atoms with E-state index in [4.69, 9.17) is 25.9 Å². The summed E-state index contributed by atoms with van der Waals surface area (Å²) in [5, 5.41) is 1.61. The summed E-state index contributed by atoms with van der Waals surface area (Å²) >= 11 is 6.36. The highest BCUT2D eigenvalue weighted by Crippen LogP contribution is 2.43. The lowest BCUT2D eigenvalue weighted by Crippen LogP contribution is -2.46. The zero-order valence-corrected chi connectivity index (χ0v) is 17.4. The van der Waals surface area contributed by atoms with E-state index in [1.165, 1.54) is 12.2 Å². The molecule has 7 heteroatoms. The van der Waals surface area contributed by atoms with E-state index in [1.807, 2.05) is 0 Å². The monoisotopic (exact) mass is 407 g/mol. The highest BCUT2D eigenvalue weighted by molar-refractivity contribution is 6.35. The second-order valence-electron chi connectivity index (χ2n) is 7.65. The van der Waals surface area contributed by atoms with Crippen molar-refractivity contribution in [1.82, 2.24) is 5.06 Å². The van der Waals surface area contributed by atoms with Gasteiger partial charge in [0.1, 0.15) is 11.3 Å². The van der Waals surface area contributed by atoms with E-state index in [2.05, 4.69) is 0 Å². The zero-order chi connectivity index (χ0) is 20.5. The number of benzene rings is 1. The summed E-state index contributed by atoms with van der Waals surface area (Å²) in [7, 11) is 1.49. The Labute approximate surface area is 170 Å². The smallest absolute Gasteiger partial charge is 0.314 e. The minimum absolute atomic E-state index is 0.140. The Balaban J connectivity index is 2.04. The van der Waals surface area contributed by atoms with Gasteiger partial charge in [0.15, 0.2) is 6.29 Å². The molecule has 28 heavy (non-hydrogen) atoms. The van der Waals surface area contributed by atoms with Crippen molar-refractivity contribution in [2.45, 2.75) is 58.3 Å². The Hall–Kier alpha value is -1.89. The average Bonchev–Trinajstić information content (AvgIpc) is 3.25. The second kappa shape index (κ2) is 8.23.